The Morgan fingerprint density at radius 3 is 1.52 bits per heavy atom. The molecule has 2 aliphatic rings. The first kappa shape index (κ1) is 21.3. The first-order chi connectivity index (χ1) is 13.5. The van der Waals surface area contributed by atoms with Crippen molar-refractivity contribution in [1.82, 2.24) is 56.4 Å². The third kappa shape index (κ3) is 10.7. The minimum absolute atomic E-state index is 0.220. The van der Waals surface area contributed by atoms with Crippen LogP contribution in [0.3, 0.4) is 0 Å². The van der Waals surface area contributed by atoms with Crippen LogP contribution in [-0.4, -0.2) is 5.71 Å². The van der Waals surface area contributed by atoms with E-state index < -0.39 is 0 Å². The molecular formula is C5H13N11O11. The molecule has 0 amide bonds. The molecule has 0 unspecified atom stereocenters. The number of oxime groups is 1. The van der Waals surface area contributed by atoms with E-state index in [4.69, 9.17) is 4.84 Å². The Hall–Kier alpha value is -2.01. The van der Waals surface area contributed by atoms with E-state index >= 15 is 0 Å². The molecule has 1 aliphatic carbocycles. The number of allylic oxidation sites excluding steroid dienone is 3. The summed E-state index contributed by atoms with van der Waals surface area (Å²) in [5.74, 6) is 0.220. The molecule has 0 aromatic rings. The van der Waals surface area contributed by atoms with Gasteiger partial charge in [0.1, 0.15) is 5.71 Å². The molecule has 0 spiro atoms. The van der Waals surface area contributed by atoms with Crippen LogP contribution in [0.4, 0.5) is 0 Å². The van der Waals surface area contributed by atoms with Gasteiger partial charge in [0.2, 0.25) is 0 Å². The maximum absolute atomic E-state index is 4.98. The first-order valence-electron chi connectivity index (χ1n) is 6.19. The van der Waals surface area contributed by atoms with Gasteiger partial charge >= 0.3 is 0 Å². The molecule has 1 aliphatic heterocycles. The fourth-order valence-corrected chi connectivity index (χ4v) is 1.03. The van der Waals surface area contributed by atoms with E-state index in [1.165, 1.54) is 6.08 Å². The summed E-state index contributed by atoms with van der Waals surface area (Å²) in [5.41, 5.74) is 18.6. The maximum Gasteiger partial charge on any atom is 0.179 e. The first-order valence-corrected chi connectivity index (χ1v) is 6.19. The summed E-state index contributed by atoms with van der Waals surface area (Å²) in [7, 11) is 0. The highest BCUT2D eigenvalue weighted by atomic mass is 17.2. The Bertz CT molecular complexity index is 478. The van der Waals surface area contributed by atoms with E-state index in [0.29, 0.717) is 0 Å². The van der Waals surface area contributed by atoms with Crippen LogP contribution in [0, 0.1) is 0 Å². The zero-order valence-corrected chi connectivity index (χ0v) is 12.7. The molecule has 0 aromatic heterocycles. The lowest BCUT2D eigenvalue weighted by atomic mass is 10.4. The molecular weight excluding hydrogens is 390 g/mol. The van der Waals surface area contributed by atoms with Gasteiger partial charge < -0.3 is 4.84 Å². The predicted molar refractivity (Wildman–Crippen MR) is 68.0 cm³/mol. The third-order valence-corrected chi connectivity index (χ3v) is 1.84. The lowest BCUT2D eigenvalue weighted by Gasteiger charge is -2.10. The van der Waals surface area contributed by atoms with Gasteiger partial charge in [0.15, 0.2) is 5.76 Å². The molecule has 0 saturated carbocycles. The van der Waals surface area contributed by atoms with Crippen LogP contribution in [0.5, 0.6) is 0 Å². The zero-order valence-electron chi connectivity index (χ0n) is 12.7. The van der Waals surface area contributed by atoms with Gasteiger partial charge in [-0.15, -0.1) is 4.94 Å². The lowest BCUT2D eigenvalue weighted by Crippen LogP contribution is -2.40. The number of nitrogens with one attached hydrogen (secondary N) is 10. The molecule has 27 heavy (non-hydrogen) atoms. The minimum Gasteiger partial charge on any atom is -0.379 e. The van der Waals surface area contributed by atoms with Gasteiger partial charge in [-0.1, -0.05) is 11.2 Å². The van der Waals surface area contributed by atoms with Gasteiger partial charge in [0, 0.05) is 5.64 Å². The quantitative estimate of drug-likeness (QED) is 0.183. The highest BCUT2D eigenvalue weighted by Crippen LogP contribution is 2.08. The Balaban J connectivity index is 1.64. The number of rotatable bonds is 0. The van der Waals surface area contributed by atoms with E-state index in [1.807, 2.05) is 28.2 Å². The van der Waals surface area contributed by atoms with Crippen molar-refractivity contribution in [2.24, 2.45) is 5.16 Å². The second-order valence-corrected chi connectivity index (χ2v) is 3.31. The normalized spacial score (nSPS) is 25.0. The predicted octanol–water partition coefficient (Wildman–Crippen LogP) is -4.81. The molecule has 0 bridgehead atoms. The summed E-state index contributed by atoms with van der Waals surface area (Å²) >= 11 is 0. The molecule has 1 heterocycles. The van der Waals surface area contributed by atoms with Gasteiger partial charge in [-0.3, -0.25) is 4.94 Å². The molecule has 22 nitrogen and oxygen atoms in total. The summed E-state index contributed by atoms with van der Waals surface area (Å²) in [5, 5.41) is 3.61. The minimum atomic E-state index is 0.220. The van der Waals surface area contributed by atoms with E-state index in [0.717, 1.165) is 0 Å². The largest absolute Gasteiger partial charge is 0.379 e. The fourth-order valence-electron chi connectivity index (χ4n) is 1.03. The summed E-state index contributed by atoms with van der Waals surface area (Å²) in [6, 6.07) is 0. The van der Waals surface area contributed by atoms with Crippen molar-refractivity contribution in [2.75, 3.05) is 0 Å². The average Bonchev–Trinajstić information content (AvgIpc) is 3.12. The highest BCUT2D eigenvalue weighted by molar-refractivity contribution is 6.09. The van der Waals surface area contributed by atoms with Crippen LogP contribution >= 0.6 is 0 Å². The molecule has 10 N–H and O–H groups in total. The average molecular weight is 403 g/mol. The Morgan fingerprint density at radius 2 is 1.00 bits per heavy atom. The molecule has 0 fully saturated rings. The Morgan fingerprint density at radius 1 is 0.556 bits per heavy atom. The summed E-state index contributed by atoms with van der Waals surface area (Å²) in [6.45, 7) is 0. The monoisotopic (exact) mass is 403 g/mol. The number of hydrogen-bond donors (Lipinski definition) is 10. The van der Waals surface area contributed by atoms with E-state index in [2.05, 4.69) is 54.5 Å². The molecule has 2 rings (SSSR count). The lowest BCUT2D eigenvalue weighted by molar-refractivity contribution is -0.425. The van der Waals surface area contributed by atoms with Crippen LogP contribution in [-0.2, 0) is 54.2 Å². The second kappa shape index (κ2) is 15.1. The highest BCUT2D eigenvalue weighted by Gasteiger charge is 2.11. The Kier molecular flexibility index (Phi) is 11.9. The van der Waals surface area contributed by atoms with Crippen molar-refractivity contribution < 1.29 is 54.2 Å². The molecule has 0 radical (unpaired) electrons. The number of hydrogen-bond acceptors (Lipinski definition) is 22. The molecule has 0 aromatic carbocycles. The second-order valence-electron chi connectivity index (χ2n) is 3.31. The topological polar surface area (TPSA) is 234 Å². The van der Waals surface area contributed by atoms with Crippen molar-refractivity contribution in [3.63, 3.8) is 0 Å². The van der Waals surface area contributed by atoms with Crippen LogP contribution in [0.25, 0.3) is 0 Å². The van der Waals surface area contributed by atoms with Gasteiger partial charge in [-0.05, 0) is 62.9 Å². The van der Waals surface area contributed by atoms with E-state index in [1.54, 1.807) is 40.4 Å². The molecule has 0 atom stereocenters. The molecule has 22 heteroatoms. The smallest absolute Gasteiger partial charge is 0.179 e. The van der Waals surface area contributed by atoms with Crippen molar-refractivity contribution >= 4 is 5.71 Å². The molecule has 0 saturated heterocycles. The number of fused-ring (bicyclic) bond motifs is 1. The third-order valence-electron chi connectivity index (χ3n) is 1.84. The van der Waals surface area contributed by atoms with Crippen molar-refractivity contribution in [3.05, 3.63) is 24.0 Å². The SMILES string of the molecule is C1=C/C2=N/ONONONONONONONONONONOC2=C1. The zero-order chi connectivity index (χ0) is 18.8. The van der Waals surface area contributed by atoms with E-state index in [-0.39, 0.29) is 11.5 Å². The standard InChI is InChI=1S/C5H13N11O11/c1-2-4-5(3-1)17-7-19-9-21-11-23-13-25-15-27-16-26-14-24-12-22-10-20-8-18-6-4/h1-3,7-16H/b6-4-. The summed E-state index contributed by atoms with van der Waals surface area (Å²) < 4.78 is 0. The van der Waals surface area contributed by atoms with Crippen molar-refractivity contribution in [1.29, 1.82) is 0 Å². The maximum atomic E-state index is 4.98. The number of nitrogens with zero attached hydrogens (tertiary/aromatic N) is 1. The Labute approximate surface area is 146 Å². The molecule has 154 valence electrons. The fraction of sp³-hybridized carbons (Fsp3) is 0. The van der Waals surface area contributed by atoms with E-state index in [9.17, 15) is 0 Å². The van der Waals surface area contributed by atoms with Crippen LogP contribution in [0.1, 0.15) is 0 Å². The van der Waals surface area contributed by atoms with Crippen molar-refractivity contribution in [2.45, 2.75) is 0 Å². The van der Waals surface area contributed by atoms with Crippen LogP contribution in [0.15, 0.2) is 29.1 Å². The van der Waals surface area contributed by atoms with Crippen LogP contribution < -0.4 is 56.4 Å². The summed E-state index contributed by atoms with van der Waals surface area (Å²) in [4.78, 5) is 48.7. The van der Waals surface area contributed by atoms with Crippen LogP contribution in [0.2, 0.25) is 0 Å². The van der Waals surface area contributed by atoms with Crippen molar-refractivity contribution in [3.8, 4) is 0 Å². The van der Waals surface area contributed by atoms with Gasteiger partial charge in [0.25, 0.3) is 0 Å². The summed E-state index contributed by atoms with van der Waals surface area (Å²) in [6.07, 6.45) is 4.70. The van der Waals surface area contributed by atoms with Gasteiger partial charge in [-0.2, -0.15) is 39.5 Å². The van der Waals surface area contributed by atoms with Gasteiger partial charge in [-0.25, -0.2) is 0 Å². The van der Waals surface area contributed by atoms with Gasteiger partial charge in [0.05, 0.1) is 0 Å².